The summed E-state index contributed by atoms with van der Waals surface area (Å²) >= 11 is 0. The summed E-state index contributed by atoms with van der Waals surface area (Å²) in [7, 11) is 0. The van der Waals surface area contributed by atoms with E-state index < -0.39 is 0 Å². The Morgan fingerprint density at radius 3 is 2.69 bits per heavy atom. The quantitative estimate of drug-likeness (QED) is 0.621. The lowest BCUT2D eigenvalue weighted by atomic mass is 10.0. The van der Waals surface area contributed by atoms with E-state index >= 15 is 0 Å². The highest BCUT2D eigenvalue weighted by Crippen LogP contribution is 2.30. The highest BCUT2D eigenvalue weighted by atomic mass is 16.3. The summed E-state index contributed by atoms with van der Waals surface area (Å²) in [6.45, 7) is 10.7. The zero-order valence-corrected chi connectivity index (χ0v) is 15.4. The molecule has 26 heavy (non-hydrogen) atoms. The Labute approximate surface area is 153 Å². The molecule has 0 fully saturated rings. The Morgan fingerprint density at radius 2 is 2.04 bits per heavy atom. The van der Waals surface area contributed by atoms with Crippen molar-refractivity contribution in [2.75, 3.05) is 5.32 Å². The van der Waals surface area contributed by atoms with Crippen molar-refractivity contribution in [3.05, 3.63) is 71.9 Å². The number of nitrogens with one attached hydrogen (secondary N) is 1. The molecule has 4 heteroatoms. The van der Waals surface area contributed by atoms with Crippen LogP contribution in [-0.4, -0.2) is 15.6 Å². The molecule has 0 unspecified atom stereocenters. The van der Waals surface area contributed by atoms with Gasteiger partial charge >= 0.3 is 0 Å². The molecule has 2 N–H and O–H groups in total. The van der Waals surface area contributed by atoms with Gasteiger partial charge in [-0.3, -0.25) is 4.79 Å². The molecule has 1 amide bonds. The first-order chi connectivity index (χ1) is 12.4. The number of fused-ring (bicyclic) bond motifs is 1. The SMILES string of the molecule is C=CCn1c(C(=O)Nc2cccc(O)c2)c(C)c2cc(C(C)C)ccc21. The second-order valence-electron chi connectivity index (χ2n) is 6.81. The van der Waals surface area contributed by atoms with Crippen LogP contribution in [0.1, 0.15) is 41.4 Å². The first-order valence-corrected chi connectivity index (χ1v) is 8.76. The molecule has 0 aliphatic heterocycles. The van der Waals surface area contributed by atoms with Gasteiger partial charge in [-0.15, -0.1) is 6.58 Å². The number of phenolic OH excluding ortho intramolecular Hbond substituents is 1. The molecule has 2 aromatic carbocycles. The fourth-order valence-corrected chi connectivity index (χ4v) is 3.28. The number of aromatic hydroxyl groups is 1. The van der Waals surface area contributed by atoms with E-state index in [1.165, 1.54) is 11.6 Å². The van der Waals surface area contributed by atoms with Crippen molar-refractivity contribution in [1.82, 2.24) is 4.57 Å². The number of anilines is 1. The van der Waals surface area contributed by atoms with Gasteiger partial charge in [0.25, 0.3) is 5.91 Å². The van der Waals surface area contributed by atoms with Crippen LogP contribution in [0.3, 0.4) is 0 Å². The Hall–Kier alpha value is -3.01. The first-order valence-electron chi connectivity index (χ1n) is 8.76. The molecule has 0 atom stereocenters. The van der Waals surface area contributed by atoms with Gasteiger partial charge in [-0.25, -0.2) is 0 Å². The molecule has 1 aromatic heterocycles. The monoisotopic (exact) mass is 348 g/mol. The van der Waals surface area contributed by atoms with Crippen LogP contribution >= 0.6 is 0 Å². The lowest BCUT2D eigenvalue weighted by Gasteiger charge is -2.10. The van der Waals surface area contributed by atoms with Crippen molar-refractivity contribution in [1.29, 1.82) is 0 Å². The minimum absolute atomic E-state index is 0.118. The molecule has 4 nitrogen and oxygen atoms in total. The van der Waals surface area contributed by atoms with Crippen molar-refractivity contribution < 1.29 is 9.90 Å². The maximum atomic E-state index is 13.0. The molecule has 134 valence electrons. The normalized spacial score (nSPS) is 11.1. The van der Waals surface area contributed by atoms with E-state index in [9.17, 15) is 9.90 Å². The van der Waals surface area contributed by atoms with Gasteiger partial charge in [-0.05, 0) is 48.2 Å². The second kappa shape index (κ2) is 7.08. The van der Waals surface area contributed by atoms with Gasteiger partial charge in [0.05, 0.1) is 0 Å². The highest BCUT2D eigenvalue weighted by molar-refractivity contribution is 6.08. The average molecular weight is 348 g/mol. The van der Waals surface area contributed by atoms with Gasteiger partial charge in [0, 0.05) is 29.2 Å². The number of nitrogens with zero attached hydrogens (tertiary/aromatic N) is 1. The zero-order chi connectivity index (χ0) is 18.8. The zero-order valence-electron chi connectivity index (χ0n) is 15.4. The molecule has 0 aliphatic rings. The number of aryl methyl sites for hydroxylation is 1. The average Bonchev–Trinajstić information content (AvgIpc) is 2.87. The van der Waals surface area contributed by atoms with E-state index in [2.05, 4.69) is 43.9 Å². The summed E-state index contributed by atoms with van der Waals surface area (Å²) in [5.74, 6) is 0.344. The Bertz CT molecular complexity index is 983. The predicted molar refractivity (Wildman–Crippen MR) is 107 cm³/mol. The number of hydrogen-bond acceptors (Lipinski definition) is 2. The number of phenols is 1. The molecule has 3 aromatic rings. The summed E-state index contributed by atoms with van der Waals surface area (Å²) in [6, 6.07) is 12.9. The lowest BCUT2D eigenvalue weighted by molar-refractivity contribution is 0.101. The van der Waals surface area contributed by atoms with Gasteiger partial charge in [-0.2, -0.15) is 0 Å². The number of benzene rings is 2. The Kier molecular flexibility index (Phi) is 4.85. The Balaban J connectivity index is 2.11. The first kappa shape index (κ1) is 17.8. The molecule has 0 radical (unpaired) electrons. The molecule has 0 saturated carbocycles. The van der Waals surface area contributed by atoms with Crippen LogP contribution in [0.2, 0.25) is 0 Å². The molecule has 0 spiro atoms. The van der Waals surface area contributed by atoms with Crippen molar-refractivity contribution in [2.45, 2.75) is 33.2 Å². The predicted octanol–water partition coefficient (Wildman–Crippen LogP) is 5.22. The third kappa shape index (κ3) is 3.23. The summed E-state index contributed by atoms with van der Waals surface area (Å²) in [6.07, 6.45) is 1.79. The fraction of sp³-hybridized carbons (Fsp3) is 0.227. The minimum Gasteiger partial charge on any atom is -0.508 e. The number of aromatic nitrogens is 1. The van der Waals surface area contributed by atoms with Gasteiger partial charge < -0.3 is 15.0 Å². The molecular weight excluding hydrogens is 324 g/mol. The lowest BCUT2D eigenvalue weighted by Crippen LogP contribution is -2.18. The van der Waals surface area contributed by atoms with Crippen molar-refractivity contribution in [2.24, 2.45) is 0 Å². The number of carbonyl (C=O) groups excluding carboxylic acids is 1. The standard InChI is InChI=1S/C22H24N2O2/c1-5-11-24-20-10-9-16(14(2)3)12-19(20)15(4)21(24)22(26)23-17-7-6-8-18(25)13-17/h5-10,12-14,25H,1,11H2,2-4H3,(H,23,26). The van der Waals surface area contributed by atoms with Crippen LogP contribution in [0.15, 0.2) is 55.1 Å². The van der Waals surface area contributed by atoms with Crippen molar-refractivity contribution >= 4 is 22.5 Å². The summed E-state index contributed by atoms with van der Waals surface area (Å²) in [5.41, 5.74) is 4.39. The summed E-state index contributed by atoms with van der Waals surface area (Å²) in [4.78, 5) is 13.0. The maximum absolute atomic E-state index is 13.0. The molecule has 3 rings (SSSR count). The third-order valence-corrected chi connectivity index (χ3v) is 4.64. The number of allylic oxidation sites excluding steroid dienone is 1. The topological polar surface area (TPSA) is 54.3 Å². The summed E-state index contributed by atoms with van der Waals surface area (Å²) < 4.78 is 1.99. The third-order valence-electron chi connectivity index (χ3n) is 4.64. The van der Waals surface area contributed by atoms with Crippen LogP contribution in [0.5, 0.6) is 5.75 Å². The molecule has 0 bridgehead atoms. The molecule has 1 heterocycles. The maximum Gasteiger partial charge on any atom is 0.272 e. The molecular formula is C22H24N2O2. The molecule has 0 saturated heterocycles. The van der Waals surface area contributed by atoms with Gasteiger partial charge in [0.2, 0.25) is 0 Å². The van der Waals surface area contributed by atoms with Crippen LogP contribution in [0, 0.1) is 6.92 Å². The highest BCUT2D eigenvalue weighted by Gasteiger charge is 2.20. The van der Waals surface area contributed by atoms with E-state index in [1.54, 1.807) is 24.3 Å². The number of carbonyl (C=O) groups is 1. The van der Waals surface area contributed by atoms with Gasteiger partial charge in [0.15, 0.2) is 0 Å². The van der Waals surface area contributed by atoms with E-state index in [0.717, 1.165) is 16.5 Å². The van der Waals surface area contributed by atoms with Crippen LogP contribution in [0.25, 0.3) is 10.9 Å². The number of hydrogen-bond donors (Lipinski definition) is 2. The van der Waals surface area contributed by atoms with Crippen LogP contribution < -0.4 is 5.32 Å². The van der Waals surface area contributed by atoms with Crippen LogP contribution in [0.4, 0.5) is 5.69 Å². The number of amides is 1. The Morgan fingerprint density at radius 1 is 1.27 bits per heavy atom. The van der Waals surface area contributed by atoms with E-state index in [0.29, 0.717) is 23.8 Å². The summed E-state index contributed by atoms with van der Waals surface area (Å²) in [5, 5.41) is 13.6. The van der Waals surface area contributed by atoms with Crippen molar-refractivity contribution in [3.63, 3.8) is 0 Å². The molecule has 0 aliphatic carbocycles. The smallest absolute Gasteiger partial charge is 0.272 e. The van der Waals surface area contributed by atoms with Crippen LogP contribution in [-0.2, 0) is 6.54 Å². The van der Waals surface area contributed by atoms with E-state index in [4.69, 9.17) is 0 Å². The second-order valence-corrected chi connectivity index (χ2v) is 6.81. The number of rotatable bonds is 5. The fourth-order valence-electron chi connectivity index (χ4n) is 3.28. The van der Waals surface area contributed by atoms with Gasteiger partial charge in [0.1, 0.15) is 11.4 Å². The van der Waals surface area contributed by atoms with Gasteiger partial charge in [-0.1, -0.05) is 32.1 Å². The minimum atomic E-state index is -0.197. The van der Waals surface area contributed by atoms with E-state index in [-0.39, 0.29) is 11.7 Å². The van der Waals surface area contributed by atoms with Crippen molar-refractivity contribution in [3.8, 4) is 5.75 Å². The van der Waals surface area contributed by atoms with E-state index in [1.807, 2.05) is 11.5 Å². The largest absolute Gasteiger partial charge is 0.508 e.